The largest absolute Gasteiger partial charge is 0.382 e. The molecule has 0 spiro atoms. The molecule has 16 heavy (non-hydrogen) atoms. The molecule has 1 aliphatic heterocycles. The molecule has 0 amide bonds. The molecule has 0 N–H and O–H groups in total. The second kappa shape index (κ2) is 4.76. The first-order valence-corrected chi connectivity index (χ1v) is 5.17. The Bertz CT molecular complexity index is 386. The van der Waals surface area contributed by atoms with Gasteiger partial charge in [0.1, 0.15) is 6.17 Å². The molecule has 0 saturated carbocycles. The average Bonchev–Trinajstić information content (AvgIpc) is 2.61. The van der Waals surface area contributed by atoms with E-state index >= 15 is 0 Å². The molecule has 1 saturated heterocycles. The van der Waals surface area contributed by atoms with Gasteiger partial charge in [-0.3, -0.25) is 4.79 Å². The lowest BCUT2D eigenvalue weighted by molar-refractivity contribution is -0.0442. The number of aromatic nitrogens is 1. The molecular formula is C11H14FNO3. The summed E-state index contributed by atoms with van der Waals surface area (Å²) in [5.74, 6) is 0. The highest BCUT2D eigenvalue weighted by molar-refractivity contribution is 4.96. The molecule has 0 aromatic carbocycles. The van der Waals surface area contributed by atoms with Crippen molar-refractivity contribution in [2.75, 3.05) is 13.7 Å². The molecule has 1 aromatic rings. The maximum absolute atomic E-state index is 13.7. The first-order chi connectivity index (χ1) is 7.70. The third kappa shape index (κ3) is 2.31. The minimum Gasteiger partial charge on any atom is -0.382 e. The molecule has 0 bridgehead atoms. The number of hydrogen-bond acceptors (Lipinski definition) is 3. The maximum Gasteiger partial charge on any atom is 0.181 e. The number of ether oxygens (including phenoxy) is 2. The highest BCUT2D eigenvalue weighted by Gasteiger charge is 2.35. The van der Waals surface area contributed by atoms with Crippen molar-refractivity contribution in [2.45, 2.75) is 24.9 Å². The number of halogens is 1. The molecule has 88 valence electrons. The lowest BCUT2D eigenvalue weighted by Crippen LogP contribution is -2.18. The summed E-state index contributed by atoms with van der Waals surface area (Å²) in [6.45, 7) is 0.386. The van der Waals surface area contributed by atoms with Crippen LogP contribution >= 0.6 is 0 Å². The highest BCUT2D eigenvalue weighted by atomic mass is 19.1. The molecule has 0 aliphatic carbocycles. The van der Waals surface area contributed by atoms with Crippen LogP contribution in [0.25, 0.3) is 0 Å². The van der Waals surface area contributed by atoms with Gasteiger partial charge in [-0.05, 0) is 0 Å². The average molecular weight is 227 g/mol. The maximum atomic E-state index is 13.7. The quantitative estimate of drug-likeness (QED) is 0.777. The molecule has 0 unspecified atom stereocenters. The summed E-state index contributed by atoms with van der Waals surface area (Å²) in [7, 11) is 1.56. The molecular weight excluding hydrogens is 213 g/mol. The summed E-state index contributed by atoms with van der Waals surface area (Å²) in [6, 6.07) is 2.78. The van der Waals surface area contributed by atoms with Gasteiger partial charge in [0.05, 0.1) is 12.7 Å². The van der Waals surface area contributed by atoms with Crippen LogP contribution in [0.2, 0.25) is 0 Å². The van der Waals surface area contributed by atoms with E-state index in [9.17, 15) is 9.18 Å². The second-order valence-electron chi connectivity index (χ2n) is 3.84. The van der Waals surface area contributed by atoms with Crippen LogP contribution < -0.4 is 5.43 Å². The van der Waals surface area contributed by atoms with Crippen LogP contribution in [0, 0.1) is 0 Å². The summed E-state index contributed by atoms with van der Waals surface area (Å²) in [4.78, 5) is 10.9. The van der Waals surface area contributed by atoms with Crippen molar-refractivity contribution < 1.29 is 13.9 Å². The Kier molecular flexibility index (Phi) is 3.36. The summed E-state index contributed by atoms with van der Waals surface area (Å²) in [5.41, 5.74) is -0.0990. The van der Waals surface area contributed by atoms with Gasteiger partial charge >= 0.3 is 0 Å². The molecule has 1 aromatic heterocycles. The van der Waals surface area contributed by atoms with Gasteiger partial charge in [-0.1, -0.05) is 0 Å². The van der Waals surface area contributed by atoms with Gasteiger partial charge in [-0.2, -0.15) is 0 Å². The van der Waals surface area contributed by atoms with Gasteiger partial charge in [-0.25, -0.2) is 4.39 Å². The molecule has 1 aliphatic rings. The summed E-state index contributed by atoms with van der Waals surface area (Å²) in [6.07, 6.45) is 1.46. The summed E-state index contributed by atoms with van der Waals surface area (Å²) in [5, 5.41) is 0. The van der Waals surface area contributed by atoms with Crippen LogP contribution in [0.4, 0.5) is 4.39 Å². The second-order valence-corrected chi connectivity index (χ2v) is 3.84. The minimum absolute atomic E-state index is 0.0990. The first kappa shape index (κ1) is 11.3. The standard InChI is InChI=1S/C11H14FNO3/c1-15-7-9-6-10(12)11(16-9)13-4-2-8(14)3-5-13/h2-5,9-11H,6-7H2,1H3/t9-,10+,11+/m0/s1. The van der Waals surface area contributed by atoms with E-state index in [1.54, 1.807) is 11.7 Å². The topological polar surface area (TPSA) is 40.5 Å². The third-order valence-electron chi connectivity index (χ3n) is 2.60. The number of hydrogen-bond donors (Lipinski definition) is 0. The van der Waals surface area contributed by atoms with Crippen molar-refractivity contribution in [3.63, 3.8) is 0 Å². The van der Waals surface area contributed by atoms with Crippen LogP contribution in [0.15, 0.2) is 29.3 Å². The monoisotopic (exact) mass is 227 g/mol. The Hall–Kier alpha value is -1.20. The normalized spacial score (nSPS) is 29.5. The van der Waals surface area contributed by atoms with E-state index < -0.39 is 12.4 Å². The molecule has 1 fully saturated rings. The molecule has 2 rings (SSSR count). The predicted molar refractivity (Wildman–Crippen MR) is 56.0 cm³/mol. The van der Waals surface area contributed by atoms with Crippen molar-refractivity contribution in [3.8, 4) is 0 Å². The van der Waals surface area contributed by atoms with Crippen LogP contribution in [-0.4, -0.2) is 30.6 Å². The predicted octanol–water partition coefficient (Wildman–Crippen LogP) is 1.12. The zero-order valence-electron chi connectivity index (χ0n) is 9.01. The van der Waals surface area contributed by atoms with E-state index in [1.165, 1.54) is 24.5 Å². The lowest BCUT2D eigenvalue weighted by atomic mass is 10.2. The van der Waals surface area contributed by atoms with Gasteiger partial charge in [-0.15, -0.1) is 0 Å². The Labute approximate surface area is 92.6 Å². The van der Waals surface area contributed by atoms with Crippen molar-refractivity contribution in [2.24, 2.45) is 0 Å². The highest BCUT2D eigenvalue weighted by Crippen LogP contribution is 2.30. The SMILES string of the molecule is COC[C@@H]1C[C@@H](F)[C@H](n2ccc(=O)cc2)O1. The minimum atomic E-state index is -1.07. The zero-order chi connectivity index (χ0) is 11.5. The molecule has 4 nitrogen and oxygen atoms in total. The smallest absolute Gasteiger partial charge is 0.181 e. The van der Waals surface area contributed by atoms with E-state index in [4.69, 9.17) is 9.47 Å². The van der Waals surface area contributed by atoms with Crippen molar-refractivity contribution in [1.82, 2.24) is 4.57 Å². The Balaban J connectivity index is 2.10. The summed E-state index contributed by atoms with van der Waals surface area (Å²) >= 11 is 0. The number of nitrogens with zero attached hydrogens (tertiary/aromatic N) is 1. The number of alkyl halides is 1. The van der Waals surface area contributed by atoms with Gasteiger partial charge in [0.15, 0.2) is 11.7 Å². The van der Waals surface area contributed by atoms with Crippen LogP contribution in [0.3, 0.4) is 0 Å². The van der Waals surface area contributed by atoms with E-state index in [0.717, 1.165) is 0 Å². The van der Waals surface area contributed by atoms with E-state index in [0.29, 0.717) is 13.0 Å². The Morgan fingerprint density at radius 1 is 1.56 bits per heavy atom. The molecule has 5 heteroatoms. The van der Waals surface area contributed by atoms with E-state index in [2.05, 4.69) is 0 Å². The number of methoxy groups -OCH3 is 1. The fourth-order valence-electron chi connectivity index (χ4n) is 1.85. The fraction of sp³-hybridized carbons (Fsp3) is 0.545. The first-order valence-electron chi connectivity index (χ1n) is 5.17. The van der Waals surface area contributed by atoms with E-state index in [1.807, 2.05) is 0 Å². The third-order valence-corrected chi connectivity index (χ3v) is 2.60. The van der Waals surface area contributed by atoms with Crippen molar-refractivity contribution in [3.05, 3.63) is 34.7 Å². The summed E-state index contributed by atoms with van der Waals surface area (Å²) < 4.78 is 25.7. The number of rotatable bonds is 3. The van der Waals surface area contributed by atoms with Crippen LogP contribution in [0.5, 0.6) is 0 Å². The molecule has 0 radical (unpaired) electrons. The van der Waals surface area contributed by atoms with Gasteiger partial charge in [0.2, 0.25) is 0 Å². The van der Waals surface area contributed by atoms with Crippen LogP contribution in [0.1, 0.15) is 12.6 Å². The van der Waals surface area contributed by atoms with Gasteiger partial charge < -0.3 is 14.0 Å². The Morgan fingerprint density at radius 2 is 2.25 bits per heavy atom. The van der Waals surface area contributed by atoms with Crippen molar-refractivity contribution >= 4 is 0 Å². The fourth-order valence-corrected chi connectivity index (χ4v) is 1.85. The zero-order valence-corrected chi connectivity index (χ0v) is 9.01. The van der Waals surface area contributed by atoms with Gasteiger partial charge in [0.25, 0.3) is 0 Å². The Morgan fingerprint density at radius 3 is 2.88 bits per heavy atom. The molecule has 2 heterocycles. The number of pyridine rings is 1. The van der Waals surface area contributed by atoms with Crippen molar-refractivity contribution in [1.29, 1.82) is 0 Å². The van der Waals surface area contributed by atoms with E-state index in [-0.39, 0.29) is 11.5 Å². The van der Waals surface area contributed by atoms with Gasteiger partial charge in [0, 0.05) is 38.1 Å². The lowest BCUT2D eigenvalue weighted by Gasteiger charge is -2.17. The molecule has 3 atom stereocenters. The van der Waals surface area contributed by atoms with Crippen LogP contribution in [-0.2, 0) is 9.47 Å².